The van der Waals surface area contributed by atoms with E-state index in [0.717, 1.165) is 17.2 Å². The van der Waals surface area contributed by atoms with E-state index in [4.69, 9.17) is 15.9 Å². The quantitative estimate of drug-likeness (QED) is 0.597. The molecular weight excluding hydrogens is 302 g/mol. The van der Waals surface area contributed by atoms with Gasteiger partial charge in [-0.25, -0.2) is 0 Å². The summed E-state index contributed by atoms with van der Waals surface area (Å²) in [6.45, 7) is 3.96. The maximum absolute atomic E-state index is 12.3. The van der Waals surface area contributed by atoms with Crippen molar-refractivity contribution in [3.05, 3.63) is 42.0 Å². The molecule has 0 heterocycles. The molecule has 0 aromatic heterocycles. The van der Waals surface area contributed by atoms with Crippen LogP contribution in [0.25, 0.3) is 10.8 Å². The van der Waals surface area contributed by atoms with Gasteiger partial charge in [0.15, 0.2) is 5.96 Å². The summed E-state index contributed by atoms with van der Waals surface area (Å²) < 4.78 is 5.83. The number of nitrogens with two attached hydrogens (primary N) is 1. The average molecular weight is 322 g/mol. The first-order valence-electron chi connectivity index (χ1n) is 6.86. The zero-order valence-electron chi connectivity index (χ0n) is 12.6. The third kappa shape index (κ3) is 3.89. The van der Waals surface area contributed by atoms with Gasteiger partial charge in [0.1, 0.15) is 5.75 Å². The van der Waals surface area contributed by atoms with E-state index < -0.39 is 5.91 Å². The molecule has 2 aromatic rings. The Kier molecular flexibility index (Phi) is 6.19. The highest BCUT2D eigenvalue weighted by Crippen LogP contribution is 2.29. The van der Waals surface area contributed by atoms with Crippen LogP contribution in [0.4, 0.5) is 0 Å². The Balaban J connectivity index is 0.00000242. The number of hydrogen-bond acceptors (Lipinski definition) is 3. The number of carbonyl (C=O) groups excluding carboxylic acids is 1. The molecule has 1 unspecified atom stereocenters. The van der Waals surface area contributed by atoms with Gasteiger partial charge in [0.25, 0.3) is 5.91 Å². The Bertz CT molecular complexity index is 688. The lowest BCUT2D eigenvalue weighted by molar-refractivity contribution is 0.0971. The van der Waals surface area contributed by atoms with Gasteiger partial charge in [-0.1, -0.05) is 37.3 Å². The minimum absolute atomic E-state index is 0. The molecule has 6 heteroatoms. The summed E-state index contributed by atoms with van der Waals surface area (Å²) in [5.41, 5.74) is 5.67. The molecule has 22 heavy (non-hydrogen) atoms. The van der Waals surface area contributed by atoms with Crippen molar-refractivity contribution in [3.8, 4) is 5.75 Å². The van der Waals surface area contributed by atoms with Crippen LogP contribution in [0.3, 0.4) is 0 Å². The van der Waals surface area contributed by atoms with Crippen LogP contribution in [0.5, 0.6) is 5.75 Å². The van der Waals surface area contributed by atoms with Crippen LogP contribution >= 0.6 is 12.4 Å². The monoisotopic (exact) mass is 321 g/mol. The van der Waals surface area contributed by atoms with Crippen molar-refractivity contribution in [2.75, 3.05) is 0 Å². The summed E-state index contributed by atoms with van der Waals surface area (Å²) in [5, 5.41) is 11.3. The van der Waals surface area contributed by atoms with E-state index >= 15 is 0 Å². The SMILES string of the molecule is CCC(C)Oc1ccc2ccccc2c1C(=O)NC(=N)N.Cl. The largest absolute Gasteiger partial charge is 0.490 e. The molecule has 1 amide bonds. The molecule has 0 saturated heterocycles. The molecular formula is C16H20ClN3O2. The maximum Gasteiger partial charge on any atom is 0.262 e. The van der Waals surface area contributed by atoms with Gasteiger partial charge < -0.3 is 10.5 Å². The Labute approximate surface area is 135 Å². The second-order valence-corrected chi connectivity index (χ2v) is 4.86. The molecule has 0 fully saturated rings. The molecule has 4 N–H and O–H groups in total. The fraction of sp³-hybridized carbons (Fsp3) is 0.250. The molecule has 0 radical (unpaired) electrons. The van der Waals surface area contributed by atoms with Crippen molar-refractivity contribution in [2.24, 2.45) is 5.73 Å². The van der Waals surface area contributed by atoms with Gasteiger partial charge in [0.05, 0.1) is 11.7 Å². The summed E-state index contributed by atoms with van der Waals surface area (Å²) in [5.74, 6) is -0.318. The lowest BCUT2D eigenvalue weighted by Gasteiger charge is -2.17. The first kappa shape index (κ1) is 17.8. The van der Waals surface area contributed by atoms with Crippen LogP contribution in [0.1, 0.15) is 30.6 Å². The highest BCUT2D eigenvalue weighted by Gasteiger charge is 2.18. The molecule has 0 aliphatic rings. The second kappa shape index (κ2) is 7.66. The van der Waals surface area contributed by atoms with Gasteiger partial charge >= 0.3 is 0 Å². The average Bonchev–Trinajstić information content (AvgIpc) is 2.45. The van der Waals surface area contributed by atoms with E-state index in [2.05, 4.69) is 5.32 Å². The molecule has 5 nitrogen and oxygen atoms in total. The molecule has 1 atom stereocenters. The number of nitrogens with one attached hydrogen (secondary N) is 2. The van der Waals surface area contributed by atoms with Gasteiger partial charge in [-0.2, -0.15) is 0 Å². The normalized spacial score (nSPS) is 11.4. The van der Waals surface area contributed by atoms with Gasteiger partial charge in [-0.15, -0.1) is 12.4 Å². The molecule has 0 saturated carbocycles. The molecule has 2 aromatic carbocycles. The van der Waals surface area contributed by atoms with Crippen molar-refractivity contribution in [1.29, 1.82) is 5.41 Å². The molecule has 0 bridgehead atoms. The minimum Gasteiger partial charge on any atom is -0.490 e. The van der Waals surface area contributed by atoms with Crippen LogP contribution in [-0.4, -0.2) is 18.0 Å². The van der Waals surface area contributed by atoms with Crippen LogP contribution < -0.4 is 15.8 Å². The third-order valence-electron chi connectivity index (χ3n) is 3.27. The summed E-state index contributed by atoms with van der Waals surface area (Å²) in [6, 6.07) is 11.2. The Hall–Kier alpha value is -2.27. The molecule has 2 rings (SSSR count). The maximum atomic E-state index is 12.3. The van der Waals surface area contributed by atoms with Crippen LogP contribution in [0.2, 0.25) is 0 Å². The van der Waals surface area contributed by atoms with E-state index in [1.165, 1.54) is 0 Å². The van der Waals surface area contributed by atoms with E-state index in [-0.39, 0.29) is 24.5 Å². The van der Waals surface area contributed by atoms with Gasteiger partial charge in [0.2, 0.25) is 0 Å². The number of rotatable bonds is 4. The molecule has 0 spiro atoms. The van der Waals surface area contributed by atoms with Gasteiger partial charge in [0, 0.05) is 0 Å². The third-order valence-corrected chi connectivity index (χ3v) is 3.27. The Morgan fingerprint density at radius 3 is 2.64 bits per heavy atom. The van der Waals surface area contributed by atoms with E-state index in [1.54, 1.807) is 6.07 Å². The standard InChI is InChI=1S/C16H19N3O2.ClH/c1-3-10(2)21-13-9-8-11-6-4-5-7-12(11)14(13)15(20)19-16(17)18;/h4-10H,3H2,1-2H3,(H4,17,18,19,20);1H. The van der Waals surface area contributed by atoms with Crippen molar-refractivity contribution in [1.82, 2.24) is 5.32 Å². The number of fused-ring (bicyclic) bond motifs is 1. The smallest absolute Gasteiger partial charge is 0.262 e. The van der Waals surface area contributed by atoms with E-state index in [0.29, 0.717) is 11.3 Å². The summed E-state index contributed by atoms with van der Waals surface area (Å²) in [4.78, 5) is 12.3. The topological polar surface area (TPSA) is 88.2 Å². The number of benzene rings is 2. The second-order valence-electron chi connectivity index (χ2n) is 4.86. The van der Waals surface area contributed by atoms with Gasteiger partial charge in [-0.3, -0.25) is 15.5 Å². The van der Waals surface area contributed by atoms with Crippen LogP contribution in [-0.2, 0) is 0 Å². The highest BCUT2D eigenvalue weighted by atomic mass is 35.5. The zero-order valence-corrected chi connectivity index (χ0v) is 13.4. The van der Waals surface area contributed by atoms with Gasteiger partial charge in [-0.05, 0) is 30.2 Å². The lowest BCUT2D eigenvalue weighted by Crippen LogP contribution is -2.36. The summed E-state index contributed by atoms with van der Waals surface area (Å²) in [6.07, 6.45) is 0.829. The number of amides is 1. The van der Waals surface area contributed by atoms with Crippen molar-refractivity contribution in [3.63, 3.8) is 0 Å². The predicted molar refractivity (Wildman–Crippen MR) is 91.0 cm³/mol. The van der Waals surface area contributed by atoms with E-state index in [1.807, 2.05) is 44.2 Å². The molecule has 118 valence electrons. The lowest BCUT2D eigenvalue weighted by atomic mass is 10.0. The first-order chi connectivity index (χ1) is 10.0. The minimum atomic E-state index is -0.433. The van der Waals surface area contributed by atoms with Crippen molar-refractivity contribution < 1.29 is 9.53 Å². The summed E-state index contributed by atoms with van der Waals surface area (Å²) in [7, 11) is 0. The molecule has 0 aliphatic carbocycles. The Morgan fingerprint density at radius 2 is 2.00 bits per heavy atom. The van der Waals surface area contributed by atoms with Crippen LogP contribution in [0.15, 0.2) is 36.4 Å². The number of carbonyl (C=O) groups is 1. The fourth-order valence-corrected chi connectivity index (χ4v) is 2.07. The predicted octanol–water partition coefficient (Wildman–Crippen LogP) is 3.06. The number of halogens is 1. The fourth-order valence-electron chi connectivity index (χ4n) is 2.07. The van der Waals surface area contributed by atoms with Crippen molar-refractivity contribution in [2.45, 2.75) is 26.4 Å². The molecule has 0 aliphatic heterocycles. The first-order valence-corrected chi connectivity index (χ1v) is 6.86. The summed E-state index contributed by atoms with van der Waals surface area (Å²) >= 11 is 0. The van der Waals surface area contributed by atoms with Crippen LogP contribution in [0, 0.1) is 5.41 Å². The Morgan fingerprint density at radius 1 is 1.32 bits per heavy atom. The highest BCUT2D eigenvalue weighted by molar-refractivity contribution is 6.14. The number of ether oxygens (including phenoxy) is 1. The number of guanidine groups is 1. The number of hydrogen-bond donors (Lipinski definition) is 3. The van der Waals surface area contributed by atoms with Crippen molar-refractivity contribution >= 4 is 35.0 Å². The van der Waals surface area contributed by atoms with E-state index in [9.17, 15) is 4.79 Å². The zero-order chi connectivity index (χ0) is 15.4.